The molecule has 2 aromatic heterocycles. The van der Waals surface area contributed by atoms with Crippen molar-refractivity contribution in [3.05, 3.63) is 26.6 Å². The van der Waals surface area contributed by atoms with Crippen LogP contribution in [0.1, 0.15) is 29.6 Å². The van der Waals surface area contributed by atoms with E-state index in [0.29, 0.717) is 11.7 Å². The van der Waals surface area contributed by atoms with Crippen molar-refractivity contribution in [1.29, 1.82) is 0 Å². The van der Waals surface area contributed by atoms with Crippen molar-refractivity contribution in [2.75, 3.05) is 13.1 Å². The maximum absolute atomic E-state index is 12.5. The smallest absolute Gasteiger partial charge is 0.259 e. The molecule has 0 radical (unpaired) electrons. The molecular formula is C15H18N4OS2. The average molecular weight is 334 g/mol. The van der Waals surface area contributed by atoms with Crippen molar-refractivity contribution in [1.82, 2.24) is 15.3 Å². The Balaban J connectivity index is 1.66. The Bertz CT molecular complexity index is 808. The molecule has 1 atom stereocenters. The molecule has 0 fully saturated rings. The molecule has 116 valence electrons. The van der Waals surface area contributed by atoms with Gasteiger partial charge in [0.2, 0.25) is 0 Å². The van der Waals surface area contributed by atoms with E-state index < -0.39 is 0 Å². The largest absolute Gasteiger partial charge is 0.363 e. The predicted molar refractivity (Wildman–Crippen MR) is 93.0 cm³/mol. The van der Waals surface area contributed by atoms with Crippen molar-refractivity contribution >= 4 is 38.5 Å². The number of hydrogen-bond acceptors (Lipinski definition) is 6. The van der Waals surface area contributed by atoms with Crippen molar-refractivity contribution in [2.45, 2.75) is 31.9 Å². The first kappa shape index (κ1) is 14.3. The van der Waals surface area contributed by atoms with Gasteiger partial charge in [-0.05, 0) is 30.7 Å². The number of thiophene rings is 1. The van der Waals surface area contributed by atoms with Gasteiger partial charge in [-0.3, -0.25) is 9.79 Å². The molecule has 2 aromatic rings. The second kappa shape index (κ2) is 5.70. The van der Waals surface area contributed by atoms with Gasteiger partial charge in [0, 0.05) is 11.4 Å². The van der Waals surface area contributed by atoms with Gasteiger partial charge < -0.3 is 10.3 Å². The van der Waals surface area contributed by atoms with E-state index in [-0.39, 0.29) is 5.56 Å². The van der Waals surface area contributed by atoms with E-state index in [9.17, 15) is 4.79 Å². The van der Waals surface area contributed by atoms with Crippen LogP contribution in [0.2, 0.25) is 0 Å². The molecule has 22 heavy (non-hydrogen) atoms. The van der Waals surface area contributed by atoms with Crippen LogP contribution >= 0.6 is 23.1 Å². The maximum atomic E-state index is 12.5. The van der Waals surface area contributed by atoms with E-state index in [1.807, 2.05) is 0 Å². The Morgan fingerprint density at radius 2 is 2.36 bits per heavy atom. The number of aromatic amines is 1. The number of aryl methyl sites for hydroxylation is 1. The van der Waals surface area contributed by atoms with E-state index in [0.717, 1.165) is 47.1 Å². The third-order valence-corrected chi connectivity index (χ3v) is 6.32. The summed E-state index contributed by atoms with van der Waals surface area (Å²) in [6.45, 7) is 4.02. The Morgan fingerprint density at radius 3 is 3.18 bits per heavy atom. The SMILES string of the molecule is C[C@H]1CCc2c(sc3nc(CSC4=NCCN4)[nH]c(=O)c23)C1. The quantitative estimate of drug-likeness (QED) is 0.884. The molecule has 1 aliphatic heterocycles. The molecule has 0 saturated heterocycles. The third kappa shape index (κ3) is 2.56. The number of rotatable bonds is 2. The van der Waals surface area contributed by atoms with Gasteiger partial charge in [0.1, 0.15) is 10.7 Å². The van der Waals surface area contributed by atoms with Gasteiger partial charge in [-0.2, -0.15) is 0 Å². The summed E-state index contributed by atoms with van der Waals surface area (Å²) in [6, 6.07) is 0. The lowest BCUT2D eigenvalue weighted by molar-refractivity contribution is 0.509. The zero-order valence-electron chi connectivity index (χ0n) is 12.4. The highest BCUT2D eigenvalue weighted by Crippen LogP contribution is 2.35. The molecule has 1 aliphatic carbocycles. The molecule has 0 bridgehead atoms. The Morgan fingerprint density at radius 1 is 1.45 bits per heavy atom. The molecule has 2 N–H and O–H groups in total. The van der Waals surface area contributed by atoms with E-state index in [1.54, 1.807) is 23.1 Å². The van der Waals surface area contributed by atoms with E-state index in [4.69, 9.17) is 0 Å². The van der Waals surface area contributed by atoms with E-state index >= 15 is 0 Å². The minimum absolute atomic E-state index is 0.0222. The van der Waals surface area contributed by atoms with Crippen LogP contribution in [0.15, 0.2) is 9.79 Å². The zero-order chi connectivity index (χ0) is 15.1. The summed E-state index contributed by atoms with van der Waals surface area (Å²) in [5.74, 6) is 2.10. The highest BCUT2D eigenvalue weighted by atomic mass is 32.2. The number of nitrogens with one attached hydrogen (secondary N) is 2. The molecule has 3 heterocycles. The lowest BCUT2D eigenvalue weighted by atomic mass is 9.89. The normalized spacial score (nSPS) is 20.8. The molecule has 0 aromatic carbocycles. The van der Waals surface area contributed by atoms with Gasteiger partial charge in [-0.25, -0.2) is 4.98 Å². The highest BCUT2D eigenvalue weighted by Gasteiger charge is 2.23. The van der Waals surface area contributed by atoms with Crippen LogP contribution in [-0.2, 0) is 18.6 Å². The summed E-state index contributed by atoms with van der Waals surface area (Å²) in [5, 5.41) is 5.00. The summed E-state index contributed by atoms with van der Waals surface area (Å²) in [6.07, 6.45) is 3.26. The van der Waals surface area contributed by atoms with Gasteiger partial charge in [-0.1, -0.05) is 18.7 Å². The summed E-state index contributed by atoms with van der Waals surface area (Å²) >= 11 is 3.30. The summed E-state index contributed by atoms with van der Waals surface area (Å²) in [5.41, 5.74) is 1.27. The van der Waals surface area contributed by atoms with Crippen molar-refractivity contribution < 1.29 is 0 Å². The lowest BCUT2D eigenvalue weighted by Gasteiger charge is -2.17. The molecule has 7 heteroatoms. The first-order valence-corrected chi connectivity index (χ1v) is 9.45. The van der Waals surface area contributed by atoms with Gasteiger partial charge in [0.05, 0.1) is 17.7 Å². The number of fused-ring (bicyclic) bond motifs is 3. The standard InChI is InChI=1S/C15H18N4OS2/c1-8-2-3-9-10(6-8)22-14-12(9)13(20)18-11(19-14)7-21-15-16-4-5-17-15/h8H,2-7H2,1H3,(H,16,17)(H,18,19,20)/t8-/m0/s1. The van der Waals surface area contributed by atoms with Crippen LogP contribution in [-0.4, -0.2) is 28.2 Å². The van der Waals surface area contributed by atoms with E-state index in [1.165, 1.54) is 16.9 Å². The third-order valence-electron chi connectivity index (χ3n) is 4.20. The monoisotopic (exact) mass is 334 g/mol. The molecule has 0 spiro atoms. The fourth-order valence-electron chi connectivity index (χ4n) is 3.07. The van der Waals surface area contributed by atoms with Crippen LogP contribution in [0, 0.1) is 5.92 Å². The van der Waals surface area contributed by atoms with Gasteiger partial charge in [-0.15, -0.1) is 11.3 Å². The Hall–Kier alpha value is -1.34. The fraction of sp³-hybridized carbons (Fsp3) is 0.533. The summed E-state index contributed by atoms with van der Waals surface area (Å²) in [7, 11) is 0. The number of aliphatic imine (C=N–C) groups is 1. The zero-order valence-corrected chi connectivity index (χ0v) is 14.1. The minimum Gasteiger partial charge on any atom is -0.363 e. The van der Waals surface area contributed by atoms with Crippen molar-refractivity contribution in [2.24, 2.45) is 10.9 Å². The predicted octanol–water partition coefficient (Wildman–Crippen LogP) is 2.30. The number of nitrogens with zero attached hydrogens (tertiary/aromatic N) is 2. The van der Waals surface area contributed by atoms with Crippen molar-refractivity contribution in [3.8, 4) is 0 Å². The minimum atomic E-state index is 0.0222. The average Bonchev–Trinajstić information content (AvgIpc) is 3.11. The molecular weight excluding hydrogens is 316 g/mol. The number of thioether (sulfide) groups is 1. The number of hydrogen-bond donors (Lipinski definition) is 2. The number of aromatic nitrogens is 2. The number of amidine groups is 1. The lowest BCUT2D eigenvalue weighted by Crippen LogP contribution is -2.17. The second-order valence-corrected chi connectivity index (χ2v) is 7.99. The van der Waals surface area contributed by atoms with Gasteiger partial charge in [0.15, 0.2) is 5.17 Å². The molecule has 0 saturated carbocycles. The van der Waals surface area contributed by atoms with Crippen LogP contribution < -0.4 is 10.9 Å². The molecule has 5 nitrogen and oxygen atoms in total. The second-order valence-electron chi connectivity index (χ2n) is 5.95. The van der Waals surface area contributed by atoms with Crippen LogP contribution in [0.5, 0.6) is 0 Å². The Kier molecular flexibility index (Phi) is 3.69. The topological polar surface area (TPSA) is 70.1 Å². The van der Waals surface area contributed by atoms with Crippen molar-refractivity contribution in [3.63, 3.8) is 0 Å². The molecule has 2 aliphatic rings. The molecule has 0 unspecified atom stereocenters. The maximum Gasteiger partial charge on any atom is 0.259 e. The highest BCUT2D eigenvalue weighted by molar-refractivity contribution is 8.13. The summed E-state index contributed by atoms with van der Waals surface area (Å²) < 4.78 is 0. The molecule has 0 amide bonds. The van der Waals surface area contributed by atoms with Crippen LogP contribution in [0.25, 0.3) is 10.2 Å². The first-order chi connectivity index (χ1) is 10.7. The van der Waals surface area contributed by atoms with Gasteiger partial charge >= 0.3 is 0 Å². The summed E-state index contributed by atoms with van der Waals surface area (Å²) in [4.78, 5) is 26.7. The van der Waals surface area contributed by atoms with Crippen LogP contribution in [0.3, 0.4) is 0 Å². The Labute approximate surface area is 136 Å². The first-order valence-electron chi connectivity index (χ1n) is 7.65. The van der Waals surface area contributed by atoms with E-state index in [2.05, 4.69) is 27.2 Å². The number of H-pyrrole nitrogens is 1. The fourth-order valence-corrected chi connectivity index (χ4v) is 5.27. The van der Waals surface area contributed by atoms with Gasteiger partial charge in [0.25, 0.3) is 5.56 Å². The van der Waals surface area contributed by atoms with Crippen LogP contribution in [0.4, 0.5) is 0 Å². The molecule has 4 rings (SSSR count).